The summed E-state index contributed by atoms with van der Waals surface area (Å²) in [5, 5.41) is 8.49. The molecule has 1 aliphatic rings. The van der Waals surface area contributed by atoms with Crippen LogP contribution in [0.2, 0.25) is 0 Å². The van der Waals surface area contributed by atoms with E-state index in [4.69, 9.17) is 0 Å². The van der Waals surface area contributed by atoms with Crippen LogP contribution in [0.5, 0.6) is 0 Å². The Morgan fingerprint density at radius 2 is 1.82 bits per heavy atom. The lowest BCUT2D eigenvalue weighted by Gasteiger charge is -2.24. The van der Waals surface area contributed by atoms with Crippen molar-refractivity contribution in [2.75, 3.05) is 13.1 Å². The van der Waals surface area contributed by atoms with Gasteiger partial charge in [0, 0.05) is 13.1 Å². The van der Waals surface area contributed by atoms with Crippen molar-refractivity contribution in [3.05, 3.63) is 48.0 Å². The van der Waals surface area contributed by atoms with Gasteiger partial charge >= 0.3 is 0 Å². The Kier molecular flexibility index (Phi) is 2.53. The highest BCUT2D eigenvalue weighted by atomic mass is 16.2. The number of piperazine rings is 1. The Morgan fingerprint density at radius 1 is 1.00 bits per heavy atom. The smallest absolute Gasteiger partial charge is 0.241 e. The van der Waals surface area contributed by atoms with Crippen molar-refractivity contribution in [2.24, 2.45) is 0 Å². The number of rotatable bonds is 1. The topological polar surface area (TPSA) is 41.1 Å². The summed E-state index contributed by atoms with van der Waals surface area (Å²) in [7, 11) is 0. The zero-order valence-corrected chi connectivity index (χ0v) is 9.44. The van der Waals surface area contributed by atoms with Gasteiger partial charge in [0.25, 0.3) is 0 Å². The van der Waals surface area contributed by atoms with Crippen molar-refractivity contribution in [2.45, 2.75) is 6.04 Å². The normalized spacial score (nSPS) is 20.2. The molecule has 0 radical (unpaired) electrons. The van der Waals surface area contributed by atoms with Crippen LogP contribution in [0.1, 0.15) is 11.6 Å². The molecule has 1 fully saturated rings. The second kappa shape index (κ2) is 4.18. The summed E-state index contributed by atoms with van der Waals surface area (Å²) in [5.41, 5.74) is 1.03. The number of hydrogen-bond donors (Lipinski definition) is 2. The minimum atomic E-state index is -0.214. The Bertz CT molecular complexity index is 565. The van der Waals surface area contributed by atoms with E-state index >= 15 is 0 Å². The van der Waals surface area contributed by atoms with Crippen molar-refractivity contribution < 1.29 is 4.79 Å². The predicted molar refractivity (Wildman–Crippen MR) is 67.7 cm³/mol. The highest BCUT2D eigenvalue weighted by Gasteiger charge is 2.22. The average molecular weight is 226 g/mol. The highest BCUT2D eigenvalue weighted by Crippen LogP contribution is 2.21. The Hall–Kier alpha value is -1.87. The summed E-state index contributed by atoms with van der Waals surface area (Å²) in [6, 6.07) is 14.1. The van der Waals surface area contributed by atoms with Crippen molar-refractivity contribution >= 4 is 16.7 Å². The van der Waals surface area contributed by atoms with Crippen LogP contribution >= 0.6 is 0 Å². The van der Waals surface area contributed by atoms with Gasteiger partial charge in [0.15, 0.2) is 0 Å². The third-order valence-corrected chi connectivity index (χ3v) is 3.14. The van der Waals surface area contributed by atoms with Crippen LogP contribution in [0.15, 0.2) is 42.5 Å². The minimum Gasteiger partial charge on any atom is -0.353 e. The van der Waals surface area contributed by atoms with Crippen molar-refractivity contribution in [3.63, 3.8) is 0 Å². The lowest BCUT2D eigenvalue weighted by atomic mass is 10.0. The highest BCUT2D eigenvalue weighted by molar-refractivity contribution is 5.87. The molecule has 86 valence electrons. The quantitative estimate of drug-likeness (QED) is 0.775. The molecule has 0 unspecified atom stereocenters. The number of carbonyl (C=O) groups excluding carboxylic acids is 1. The molecule has 3 nitrogen and oxygen atoms in total. The summed E-state index contributed by atoms with van der Waals surface area (Å²) in [5.74, 6) is 0.0616. The fourth-order valence-corrected chi connectivity index (χ4v) is 2.25. The third kappa shape index (κ3) is 1.89. The van der Waals surface area contributed by atoms with Gasteiger partial charge in [0.2, 0.25) is 5.91 Å². The van der Waals surface area contributed by atoms with Gasteiger partial charge in [-0.3, -0.25) is 4.79 Å². The molecule has 3 rings (SSSR count). The number of hydrogen-bond acceptors (Lipinski definition) is 2. The molecule has 0 aliphatic carbocycles. The second-order valence-electron chi connectivity index (χ2n) is 4.28. The van der Waals surface area contributed by atoms with Gasteiger partial charge in [0.1, 0.15) is 6.04 Å². The summed E-state index contributed by atoms with van der Waals surface area (Å²) >= 11 is 0. The first-order valence-corrected chi connectivity index (χ1v) is 5.84. The van der Waals surface area contributed by atoms with E-state index in [-0.39, 0.29) is 11.9 Å². The van der Waals surface area contributed by atoms with Crippen LogP contribution < -0.4 is 10.6 Å². The molecule has 2 aromatic carbocycles. The summed E-state index contributed by atoms with van der Waals surface area (Å²) in [6.07, 6.45) is 0. The summed E-state index contributed by atoms with van der Waals surface area (Å²) in [6.45, 7) is 1.53. The first-order valence-electron chi connectivity index (χ1n) is 5.84. The van der Waals surface area contributed by atoms with Crippen LogP contribution in [0, 0.1) is 0 Å². The fourth-order valence-electron chi connectivity index (χ4n) is 2.25. The fraction of sp³-hybridized carbons (Fsp3) is 0.214. The Morgan fingerprint density at radius 3 is 2.65 bits per heavy atom. The number of nitrogens with one attached hydrogen (secondary N) is 2. The molecule has 1 atom stereocenters. The maximum absolute atomic E-state index is 11.8. The molecule has 2 aromatic rings. The molecule has 1 amide bonds. The van der Waals surface area contributed by atoms with E-state index in [2.05, 4.69) is 34.9 Å². The predicted octanol–water partition coefficient (Wildman–Crippen LogP) is 1.60. The molecule has 3 heteroatoms. The first kappa shape index (κ1) is 10.3. The van der Waals surface area contributed by atoms with Crippen LogP contribution in [0.3, 0.4) is 0 Å². The molecule has 1 saturated heterocycles. The molecule has 1 aliphatic heterocycles. The SMILES string of the molecule is O=C1NCCN[C@@H]1c1ccc2ccccc2c1. The number of amides is 1. The Balaban J connectivity index is 2.02. The van der Waals surface area contributed by atoms with Crippen molar-refractivity contribution in [3.8, 4) is 0 Å². The Labute approximate surface area is 99.8 Å². The first-order chi connectivity index (χ1) is 8.34. The molecule has 2 N–H and O–H groups in total. The minimum absolute atomic E-state index is 0.0616. The second-order valence-corrected chi connectivity index (χ2v) is 4.28. The van der Waals surface area contributed by atoms with E-state index < -0.39 is 0 Å². The van der Waals surface area contributed by atoms with Gasteiger partial charge in [-0.25, -0.2) is 0 Å². The van der Waals surface area contributed by atoms with Crippen LogP contribution in [0.25, 0.3) is 10.8 Å². The monoisotopic (exact) mass is 226 g/mol. The van der Waals surface area contributed by atoms with E-state index in [1.807, 2.05) is 18.2 Å². The van der Waals surface area contributed by atoms with Gasteiger partial charge in [-0.15, -0.1) is 0 Å². The molecule has 1 heterocycles. The van der Waals surface area contributed by atoms with Crippen molar-refractivity contribution in [1.82, 2.24) is 10.6 Å². The van der Waals surface area contributed by atoms with Crippen LogP contribution in [-0.2, 0) is 4.79 Å². The van der Waals surface area contributed by atoms with E-state index in [0.29, 0.717) is 6.54 Å². The molecule has 0 saturated carbocycles. The molecule has 17 heavy (non-hydrogen) atoms. The van der Waals surface area contributed by atoms with Gasteiger partial charge in [-0.2, -0.15) is 0 Å². The number of carbonyl (C=O) groups is 1. The zero-order valence-electron chi connectivity index (χ0n) is 9.44. The van der Waals surface area contributed by atoms with Crippen molar-refractivity contribution in [1.29, 1.82) is 0 Å². The molecule has 0 aromatic heterocycles. The number of fused-ring (bicyclic) bond motifs is 1. The maximum Gasteiger partial charge on any atom is 0.241 e. The zero-order chi connectivity index (χ0) is 11.7. The van der Waals surface area contributed by atoms with Gasteiger partial charge in [-0.1, -0.05) is 36.4 Å². The van der Waals surface area contributed by atoms with Gasteiger partial charge < -0.3 is 10.6 Å². The largest absolute Gasteiger partial charge is 0.353 e. The summed E-state index contributed by atoms with van der Waals surface area (Å²) < 4.78 is 0. The van der Waals surface area contributed by atoms with Gasteiger partial charge in [0.05, 0.1) is 0 Å². The van der Waals surface area contributed by atoms with E-state index in [9.17, 15) is 4.79 Å². The molecule has 0 bridgehead atoms. The summed E-state index contributed by atoms with van der Waals surface area (Å²) in [4.78, 5) is 11.8. The van der Waals surface area contributed by atoms with Crippen LogP contribution in [-0.4, -0.2) is 19.0 Å². The van der Waals surface area contributed by atoms with Gasteiger partial charge in [-0.05, 0) is 22.4 Å². The lowest BCUT2D eigenvalue weighted by molar-refractivity contribution is -0.124. The third-order valence-electron chi connectivity index (χ3n) is 3.14. The standard InChI is InChI=1S/C14H14N2O/c17-14-13(15-7-8-16-14)12-6-5-10-3-1-2-4-11(10)9-12/h1-6,9,13,15H,7-8H2,(H,16,17)/t13-/m1/s1. The molecular formula is C14H14N2O. The van der Waals surface area contributed by atoms with E-state index in [1.165, 1.54) is 10.8 Å². The molecular weight excluding hydrogens is 212 g/mol. The average Bonchev–Trinajstić information content (AvgIpc) is 2.39. The number of benzene rings is 2. The lowest BCUT2D eigenvalue weighted by Crippen LogP contribution is -2.47. The van der Waals surface area contributed by atoms with E-state index in [1.54, 1.807) is 0 Å². The van der Waals surface area contributed by atoms with E-state index in [0.717, 1.165) is 12.1 Å². The van der Waals surface area contributed by atoms with Crippen LogP contribution in [0.4, 0.5) is 0 Å². The molecule has 0 spiro atoms. The maximum atomic E-state index is 11.8.